The molecule has 2 aromatic rings. The number of sulfonamides is 1. The fourth-order valence-electron chi connectivity index (χ4n) is 3.33. The van der Waals surface area contributed by atoms with Crippen LogP contribution in [0.1, 0.15) is 40.9 Å². The number of benzene rings is 2. The van der Waals surface area contributed by atoms with Gasteiger partial charge in [0.05, 0.1) is 11.4 Å². The Morgan fingerprint density at radius 2 is 1.88 bits per heavy atom. The summed E-state index contributed by atoms with van der Waals surface area (Å²) in [7, 11) is -3.32. The van der Waals surface area contributed by atoms with Crippen LogP contribution < -0.4 is 9.62 Å². The highest BCUT2D eigenvalue weighted by Gasteiger charge is 2.34. The van der Waals surface area contributed by atoms with Crippen LogP contribution in [0.25, 0.3) is 0 Å². The van der Waals surface area contributed by atoms with Gasteiger partial charge >= 0.3 is 0 Å². The Morgan fingerprint density at radius 3 is 2.54 bits per heavy atom. The van der Waals surface area contributed by atoms with Crippen molar-refractivity contribution < 1.29 is 13.2 Å². The van der Waals surface area contributed by atoms with Crippen molar-refractivity contribution in [2.45, 2.75) is 40.2 Å². The molecule has 26 heavy (non-hydrogen) atoms. The van der Waals surface area contributed by atoms with Gasteiger partial charge in [-0.25, -0.2) is 8.42 Å². The third-order valence-corrected chi connectivity index (χ3v) is 6.81. The van der Waals surface area contributed by atoms with Gasteiger partial charge in [0, 0.05) is 17.3 Å². The van der Waals surface area contributed by atoms with Crippen LogP contribution in [0.5, 0.6) is 0 Å². The first kappa shape index (κ1) is 18.5. The van der Waals surface area contributed by atoms with E-state index in [0.29, 0.717) is 17.7 Å². The van der Waals surface area contributed by atoms with Gasteiger partial charge in [0.2, 0.25) is 10.0 Å². The van der Waals surface area contributed by atoms with E-state index in [9.17, 15) is 13.2 Å². The number of anilines is 2. The standard InChI is InChI=1S/C20H24N2O3S/c1-5-26(24,25)22-15(4)11-17-12-16(7-9-19(17)22)20(23)21-18-8-6-13(2)14(3)10-18/h6-10,12,15H,5,11H2,1-4H3,(H,21,23)/t15-/m1/s1. The summed E-state index contributed by atoms with van der Waals surface area (Å²) >= 11 is 0. The Kier molecular flexibility index (Phi) is 4.80. The maximum Gasteiger partial charge on any atom is 0.255 e. The molecule has 0 aliphatic carbocycles. The SMILES string of the molecule is CCS(=O)(=O)N1c2ccc(C(=O)Nc3ccc(C)c(C)c3)cc2C[C@H]1C. The van der Waals surface area contributed by atoms with E-state index in [1.54, 1.807) is 25.1 Å². The van der Waals surface area contributed by atoms with Crippen molar-refractivity contribution in [2.75, 3.05) is 15.4 Å². The predicted molar refractivity (Wildman–Crippen MR) is 105 cm³/mol. The van der Waals surface area contributed by atoms with Crippen molar-refractivity contribution >= 4 is 27.3 Å². The molecule has 6 heteroatoms. The summed E-state index contributed by atoms with van der Waals surface area (Å²) in [6.45, 7) is 7.57. The average molecular weight is 372 g/mol. The minimum Gasteiger partial charge on any atom is -0.322 e. The van der Waals surface area contributed by atoms with Crippen LogP contribution in [-0.2, 0) is 16.4 Å². The summed E-state index contributed by atoms with van der Waals surface area (Å²) in [4.78, 5) is 12.6. The summed E-state index contributed by atoms with van der Waals surface area (Å²) < 4.78 is 26.2. The Labute approximate surface area is 155 Å². The Morgan fingerprint density at radius 1 is 1.15 bits per heavy atom. The predicted octanol–water partition coefficient (Wildman–Crippen LogP) is 3.66. The summed E-state index contributed by atoms with van der Waals surface area (Å²) in [5.41, 5.74) is 5.15. The van der Waals surface area contributed by atoms with Gasteiger partial charge in [-0.3, -0.25) is 9.10 Å². The number of amides is 1. The molecule has 0 saturated carbocycles. The number of fused-ring (bicyclic) bond motifs is 1. The fourth-order valence-corrected chi connectivity index (χ4v) is 4.71. The minimum absolute atomic E-state index is 0.0613. The van der Waals surface area contributed by atoms with E-state index in [0.717, 1.165) is 16.8 Å². The molecular weight excluding hydrogens is 348 g/mol. The van der Waals surface area contributed by atoms with E-state index in [2.05, 4.69) is 5.32 Å². The third-order valence-electron chi connectivity index (χ3n) is 4.92. The van der Waals surface area contributed by atoms with Crippen LogP contribution in [0.3, 0.4) is 0 Å². The highest BCUT2D eigenvalue weighted by atomic mass is 32.2. The molecule has 3 rings (SSSR count). The Hall–Kier alpha value is -2.34. The molecule has 138 valence electrons. The molecule has 0 saturated heterocycles. The number of carbonyl (C=O) groups is 1. The maximum absolute atomic E-state index is 12.6. The van der Waals surface area contributed by atoms with E-state index < -0.39 is 10.0 Å². The van der Waals surface area contributed by atoms with Crippen molar-refractivity contribution in [3.8, 4) is 0 Å². The average Bonchev–Trinajstić information content (AvgIpc) is 2.93. The maximum atomic E-state index is 12.6. The first-order valence-corrected chi connectivity index (χ1v) is 10.4. The van der Waals surface area contributed by atoms with E-state index in [4.69, 9.17) is 0 Å². The van der Waals surface area contributed by atoms with Crippen LogP contribution in [-0.4, -0.2) is 26.1 Å². The zero-order valence-electron chi connectivity index (χ0n) is 15.5. The van der Waals surface area contributed by atoms with E-state index in [1.165, 1.54) is 9.87 Å². The highest BCUT2D eigenvalue weighted by Crippen LogP contribution is 2.35. The molecule has 1 heterocycles. The summed E-state index contributed by atoms with van der Waals surface area (Å²) in [6, 6.07) is 10.9. The molecule has 0 spiro atoms. The molecule has 1 N–H and O–H groups in total. The fraction of sp³-hybridized carbons (Fsp3) is 0.350. The van der Waals surface area contributed by atoms with Crippen molar-refractivity contribution in [2.24, 2.45) is 0 Å². The number of aryl methyl sites for hydroxylation is 2. The molecule has 1 aliphatic rings. The number of carbonyl (C=O) groups excluding carboxylic acids is 1. The number of hydrogen-bond donors (Lipinski definition) is 1. The van der Waals surface area contributed by atoms with Crippen molar-refractivity contribution in [3.63, 3.8) is 0 Å². The first-order chi connectivity index (χ1) is 12.2. The minimum atomic E-state index is -3.32. The van der Waals surface area contributed by atoms with Crippen molar-refractivity contribution in [1.82, 2.24) is 0 Å². The van der Waals surface area contributed by atoms with Gasteiger partial charge in [-0.1, -0.05) is 6.07 Å². The van der Waals surface area contributed by atoms with Gasteiger partial charge in [0.1, 0.15) is 0 Å². The van der Waals surface area contributed by atoms with Crippen LogP contribution >= 0.6 is 0 Å². The molecule has 1 amide bonds. The normalized spacial score (nSPS) is 16.5. The summed E-state index contributed by atoms with van der Waals surface area (Å²) in [5.74, 6) is -0.133. The first-order valence-electron chi connectivity index (χ1n) is 8.76. The largest absolute Gasteiger partial charge is 0.322 e. The lowest BCUT2D eigenvalue weighted by atomic mass is 10.1. The lowest BCUT2D eigenvalue weighted by Gasteiger charge is -2.23. The van der Waals surface area contributed by atoms with Crippen LogP contribution in [0, 0.1) is 13.8 Å². The zero-order valence-corrected chi connectivity index (χ0v) is 16.4. The highest BCUT2D eigenvalue weighted by molar-refractivity contribution is 7.92. The Balaban J connectivity index is 1.86. The lowest BCUT2D eigenvalue weighted by Crippen LogP contribution is -2.36. The molecule has 0 fully saturated rings. The van der Waals surface area contributed by atoms with Gasteiger partial charge < -0.3 is 5.32 Å². The van der Waals surface area contributed by atoms with Gasteiger partial charge in [-0.2, -0.15) is 0 Å². The van der Waals surface area contributed by atoms with Gasteiger partial charge in [0.15, 0.2) is 0 Å². The molecule has 1 aliphatic heterocycles. The number of nitrogens with one attached hydrogen (secondary N) is 1. The van der Waals surface area contributed by atoms with E-state index in [-0.39, 0.29) is 17.7 Å². The van der Waals surface area contributed by atoms with Gasteiger partial charge in [-0.05, 0) is 81.1 Å². The summed E-state index contributed by atoms with van der Waals surface area (Å²) in [5, 5.41) is 2.91. The smallest absolute Gasteiger partial charge is 0.255 e. The molecule has 2 aromatic carbocycles. The third kappa shape index (κ3) is 3.33. The number of rotatable bonds is 4. The second-order valence-corrected chi connectivity index (χ2v) is 8.98. The lowest BCUT2D eigenvalue weighted by molar-refractivity contribution is 0.102. The van der Waals surface area contributed by atoms with Gasteiger partial charge in [0.25, 0.3) is 5.91 Å². The number of nitrogens with zero attached hydrogens (tertiary/aromatic N) is 1. The van der Waals surface area contributed by atoms with Crippen LogP contribution in [0.15, 0.2) is 36.4 Å². The molecule has 5 nitrogen and oxygen atoms in total. The van der Waals surface area contributed by atoms with E-state index >= 15 is 0 Å². The topological polar surface area (TPSA) is 66.5 Å². The molecule has 0 radical (unpaired) electrons. The zero-order chi connectivity index (χ0) is 19.1. The monoisotopic (exact) mass is 372 g/mol. The molecule has 0 aromatic heterocycles. The quantitative estimate of drug-likeness (QED) is 0.891. The van der Waals surface area contributed by atoms with Crippen molar-refractivity contribution in [1.29, 1.82) is 0 Å². The second-order valence-electron chi connectivity index (χ2n) is 6.85. The van der Waals surface area contributed by atoms with Crippen LogP contribution in [0.2, 0.25) is 0 Å². The number of hydrogen-bond acceptors (Lipinski definition) is 3. The van der Waals surface area contributed by atoms with E-state index in [1.807, 2.05) is 39.0 Å². The van der Waals surface area contributed by atoms with Crippen LogP contribution in [0.4, 0.5) is 11.4 Å². The molecule has 0 unspecified atom stereocenters. The molecule has 1 atom stereocenters. The molecule has 0 bridgehead atoms. The molecular formula is C20H24N2O3S. The second kappa shape index (κ2) is 6.76. The summed E-state index contributed by atoms with van der Waals surface area (Å²) in [6.07, 6.45) is 0.610. The van der Waals surface area contributed by atoms with Gasteiger partial charge in [-0.15, -0.1) is 0 Å². The van der Waals surface area contributed by atoms with Crippen molar-refractivity contribution in [3.05, 3.63) is 58.7 Å². The Bertz CT molecular complexity index is 967.